The Bertz CT molecular complexity index is 566. The van der Waals surface area contributed by atoms with Gasteiger partial charge in [0.05, 0.1) is 13.3 Å². The van der Waals surface area contributed by atoms with Crippen molar-refractivity contribution in [2.45, 2.75) is 20.0 Å². The average molecular weight is 280 g/mol. The van der Waals surface area contributed by atoms with Gasteiger partial charge in [0.25, 0.3) is 0 Å². The Labute approximate surface area is 118 Å². The molecule has 4 nitrogen and oxygen atoms in total. The minimum atomic E-state index is 0.664. The number of hydrogen-bond acceptors (Lipinski definition) is 3. The van der Waals surface area contributed by atoms with Crippen LogP contribution < -0.4 is 10.1 Å². The normalized spacial score (nSPS) is 10.7. The SMILES string of the molecule is COc1cccc(Cl)c1CNCc1cnn(C)c1C. The maximum Gasteiger partial charge on any atom is 0.124 e. The fraction of sp³-hybridized carbons (Fsp3) is 0.357. The highest BCUT2D eigenvalue weighted by Crippen LogP contribution is 2.25. The van der Waals surface area contributed by atoms with Crippen molar-refractivity contribution in [1.82, 2.24) is 15.1 Å². The maximum atomic E-state index is 6.19. The molecule has 0 bridgehead atoms. The summed E-state index contributed by atoms with van der Waals surface area (Å²) in [6, 6.07) is 5.67. The van der Waals surface area contributed by atoms with Crippen LogP contribution in [0.15, 0.2) is 24.4 Å². The smallest absolute Gasteiger partial charge is 0.124 e. The van der Waals surface area contributed by atoms with E-state index in [0.717, 1.165) is 22.9 Å². The number of nitrogens with zero attached hydrogens (tertiary/aromatic N) is 2. The Morgan fingerprint density at radius 2 is 2.16 bits per heavy atom. The highest BCUT2D eigenvalue weighted by molar-refractivity contribution is 6.31. The van der Waals surface area contributed by atoms with Gasteiger partial charge in [0.15, 0.2) is 0 Å². The van der Waals surface area contributed by atoms with Gasteiger partial charge in [-0.25, -0.2) is 0 Å². The molecule has 102 valence electrons. The quantitative estimate of drug-likeness (QED) is 0.915. The number of nitrogens with one attached hydrogen (secondary N) is 1. The van der Waals surface area contributed by atoms with Gasteiger partial charge in [0, 0.05) is 42.0 Å². The zero-order chi connectivity index (χ0) is 13.8. The first-order valence-corrected chi connectivity index (χ1v) is 6.51. The Morgan fingerprint density at radius 3 is 2.79 bits per heavy atom. The van der Waals surface area contributed by atoms with E-state index in [2.05, 4.69) is 17.3 Å². The van der Waals surface area contributed by atoms with E-state index < -0.39 is 0 Å². The van der Waals surface area contributed by atoms with Crippen molar-refractivity contribution in [3.8, 4) is 5.75 Å². The van der Waals surface area contributed by atoms with Crippen molar-refractivity contribution < 1.29 is 4.74 Å². The molecule has 2 aromatic rings. The maximum absolute atomic E-state index is 6.19. The van der Waals surface area contributed by atoms with Crippen molar-refractivity contribution >= 4 is 11.6 Å². The summed E-state index contributed by atoms with van der Waals surface area (Å²) in [5.74, 6) is 0.808. The second-order valence-corrected chi connectivity index (χ2v) is 4.81. The van der Waals surface area contributed by atoms with Crippen LogP contribution in [0, 0.1) is 6.92 Å². The molecule has 1 aromatic carbocycles. The highest BCUT2D eigenvalue weighted by Gasteiger charge is 2.08. The lowest BCUT2D eigenvalue weighted by atomic mass is 10.2. The third kappa shape index (κ3) is 3.08. The van der Waals surface area contributed by atoms with Crippen LogP contribution in [-0.2, 0) is 20.1 Å². The van der Waals surface area contributed by atoms with Crippen molar-refractivity contribution in [3.05, 3.63) is 46.2 Å². The van der Waals surface area contributed by atoms with Crippen LogP contribution in [0.25, 0.3) is 0 Å². The first-order chi connectivity index (χ1) is 9.13. The van der Waals surface area contributed by atoms with Crippen LogP contribution in [0.4, 0.5) is 0 Å². The number of methoxy groups -OCH3 is 1. The van der Waals surface area contributed by atoms with Gasteiger partial charge in [0.1, 0.15) is 5.75 Å². The third-order valence-electron chi connectivity index (χ3n) is 3.25. The molecule has 0 aliphatic carbocycles. The summed E-state index contributed by atoms with van der Waals surface area (Å²) in [7, 11) is 3.59. The van der Waals surface area contributed by atoms with E-state index >= 15 is 0 Å². The van der Waals surface area contributed by atoms with Crippen LogP contribution in [0.1, 0.15) is 16.8 Å². The molecule has 0 atom stereocenters. The lowest BCUT2D eigenvalue weighted by molar-refractivity contribution is 0.407. The molecule has 0 aliphatic heterocycles. The monoisotopic (exact) mass is 279 g/mol. The van der Waals surface area contributed by atoms with Crippen LogP contribution in [0.3, 0.4) is 0 Å². The zero-order valence-electron chi connectivity index (χ0n) is 11.4. The number of aromatic nitrogens is 2. The Balaban J connectivity index is 2.02. The van der Waals surface area contributed by atoms with Crippen LogP contribution in [0.5, 0.6) is 5.75 Å². The largest absolute Gasteiger partial charge is 0.496 e. The third-order valence-corrected chi connectivity index (χ3v) is 3.60. The minimum absolute atomic E-state index is 0.664. The number of halogens is 1. The fourth-order valence-corrected chi connectivity index (χ4v) is 2.17. The minimum Gasteiger partial charge on any atom is -0.496 e. The Hall–Kier alpha value is -1.52. The summed E-state index contributed by atoms with van der Waals surface area (Å²) in [5.41, 5.74) is 3.33. The van der Waals surface area contributed by atoms with Crippen molar-refractivity contribution in [2.75, 3.05) is 7.11 Å². The summed E-state index contributed by atoms with van der Waals surface area (Å²) in [6.45, 7) is 3.48. The van der Waals surface area contributed by atoms with Gasteiger partial charge in [-0.1, -0.05) is 17.7 Å². The molecule has 0 amide bonds. The second-order valence-electron chi connectivity index (χ2n) is 4.40. The molecule has 1 heterocycles. The predicted octanol–water partition coefficient (Wildman–Crippen LogP) is 2.68. The summed E-state index contributed by atoms with van der Waals surface area (Å²) in [6.07, 6.45) is 1.88. The average Bonchev–Trinajstić information content (AvgIpc) is 2.72. The number of hydrogen-bond donors (Lipinski definition) is 1. The molecule has 5 heteroatoms. The van der Waals surface area contributed by atoms with Gasteiger partial charge >= 0.3 is 0 Å². The summed E-state index contributed by atoms with van der Waals surface area (Å²) >= 11 is 6.19. The number of rotatable bonds is 5. The highest BCUT2D eigenvalue weighted by atomic mass is 35.5. The molecule has 19 heavy (non-hydrogen) atoms. The van der Waals surface area contributed by atoms with E-state index in [4.69, 9.17) is 16.3 Å². The Kier molecular flexibility index (Phi) is 4.45. The van der Waals surface area contributed by atoms with Crippen molar-refractivity contribution in [3.63, 3.8) is 0 Å². The van der Waals surface area contributed by atoms with E-state index in [0.29, 0.717) is 6.54 Å². The molecule has 0 fully saturated rings. The van der Waals surface area contributed by atoms with Crippen molar-refractivity contribution in [1.29, 1.82) is 0 Å². The summed E-state index contributed by atoms with van der Waals surface area (Å²) < 4.78 is 7.18. The lowest BCUT2D eigenvalue weighted by Crippen LogP contribution is -2.14. The first kappa shape index (κ1) is 13.9. The van der Waals surface area contributed by atoms with Crippen molar-refractivity contribution in [2.24, 2.45) is 7.05 Å². The summed E-state index contributed by atoms with van der Waals surface area (Å²) in [4.78, 5) is 0. The number of ether oxygens (including phenoxy) is 1. The van der Waals surface area contributed by atoms with Gasteiger partial charge in [-0.15, -0.1) is 0 Å². The molecular formula is C14H18ClN3O. The fourth-order valence-electron chi connectivity index (χ4n) is 1.94. The molecule has 0 unspecified atom stereocenters. The van der Waals surface area contributed by atoms with E-state index in [9.17, 15) is 0 Å². The molecular weight excluding hydrogens is 262 g/mol. The topological polar surface area (TPSA) is 39.1 Å². The van der Waals surface area contributed by atoms with E-state index in [1.165, 1.54) is 11.3 Å². The standard InChI is InChI=1S/C14H18ClN3O/c1-10-11(8-17-18(10)2)7-16-9-12-13(15)5-4-6-14(12)19-3/h4-6,8,16H,7,9H2,1-3H3. The van der Waals surface area contributed by atoms with Crippen LogP contribution in [-0.4, -0.2) is 16.9 Å². The van der Waals surface area contributed by atoms with Gasteiger partial charge in [0.2, 0.25) is 0 Å². The Morgan fingerprint density at radius 1 is 1.37 bits per heavy atom. The summed E-state index contributed by atoms with van der Waals surface area (Å²) in [5, 5.41) is 8.31. The molecule has 0 saturated carbocycles. The van der Waals surface area contributed by atoms with Gasteiger partial charge in [-0.3, -0.25) is 4.68 Å². The molecule has 1 N–H and O–H groups in total. The molecule has 0 spiro atoms. The van der Waals surface area contributed by atoms with Gasteiger partial charge in [-0.05, 0) is 19.1 Å². The first-order valence-electron chi connectivity index (χ1n) is 6.13. The lowest BCUT2D eigenvalue weighted by Gasteiger charge is -2.11. The van der Waals surface area contributed by atoms with Gasteiger partial charge in [-0.2, -0.15) is 5.10 Å². The number of benzene rings is 1. The van der Waals surface area contributed by atoms with Gasteiger partial charge < -0.3 is 10.1 Å². The molecule has 0 aliphatic rings. The predicted molar refractivity (Wildman–Crippen MR) is 76.5 cm³/mol. The number of aryl methyl sites for hydroxylation is 1. The molecule has 2 rings (SSSR count). The molecule has 1 aromatic heterocycles. The van der Waals surface area contributed by atoms with E-state index in [-0.39, 0.29) is 0 Å². The molecule has 0 radical (unpaired) electrons. The second kappa shape index (κ2) is 6.08. The van der Waals surface area contributed by atoms with Crippen LogP contribution >= 0.6 is 11.6 Å². The van der Waals surface area contributed by atoms with E-state index in [1.54, 1.807) is 7.11 Å². The van der Waals surface area contributed by atoms with E-state index in [1.807, 2.05) is 36.1 Å². The van der Waals surface area contributed by atoms with Crippen LogP contribution in [0.2, 0.25) is 5.02 Å². The molecule has 0 saturated heterocycles. The zero-order valence-corrected chi connectivity index (χ0v) is 12.2.